The zero-order valence-corrected chi connectivity index (χ0v) is 23.3. The van der Waals surface area contributed by atoms with E-state index in [0.717, 1.165) is 28.1 Å². The lowest BCUT2D eigenvalue weighted by Gasteiger charge is -2.36. The second kappa shape index (κ2) is 9.81. The number of rotatable bonds is 7. The summed E-state index contributed by atoms with van der Waals surface area (Å²) in [6, 6.07) is 9.10. The molecule has 4 aromatic rings. The van der Waals surface area contributed by atoms with Crippen LogP contribution in [0.3, 0.4) is 0 Å². The molecule has 196 valence electrons. The molecule has 0 saturated carbocycles. The molecule has 4 heterocycles. The molecule has 0 fully saturated rings. The van der Waals surface area contributed by atoms with Crippen LogP contribution in [0.25, 0.3) is 16.8 Å². The summed E-state index contributed by atoms with van der Waals surface area (Å²) in [6.45, 7) is 12.3. The summed E-state index contributed by atoms with van der Waals surface area (Å²) < 4.78 is 28.2. The monoisotopic (exact) mass is 530 g/mol. The van der Waals surface area contributed by atoms with Gasteiger partial charge in [-0.2, -0.15) is 5.26 Å². The lowest BCUT2D eigenvalue weighted by atomic mass is 10.0. The Hall–Kier alpha value is -3.81. The van der Waals surface area contributed by atoms with E-state index in [4.69, 9.17) is 9.16 Å². The summed E-state index contributed by atoms with van der Waals surface area (Å²) in [5.74, 6) is 0.888. The topological polar surface area (TPSA) is 97.4 Å². The first kappa shape index (κ1) is 25.8. The highest BCUT2D eigenvalue weighted by Gasteiger charge is 2.37. The molecule has 0 bridgehead atoms. The lowest BCUT2D eigenvalue weighted by Crippen LogP contribution is -2.40. The molecule has 0 amide bonds. The van der Waals surface area contributed by atoms with Gasteiger partial charge < -0.3 is 14.5 Å². The summed E-state index contributed by atoms with van der Waals surface area (Å²) >= 11 is 0. The zero-order chi connectivity index (χ0) is 27.1. The molecule has 0 spiro atoms. The number of aromatic nitrogens is 4. The van der Waals surface area contributed by atoms with Crippen LogP contribution >= 0.6 is 0 Å². The van der Waals surface area contributed by atoms with E-state index in [9.17, 15) is 9.65 Å². The third kappa shape index (κ3) is 4.87. The van der Waals surface area contributed by atoms with Gasteiger partial charge in [0.25, 0.3) is 0 Å². The van der Waals surface area contributed by atoms with Crippen molar-refractivity contribution in [3.63, 3.8) is 0 Å². The van der Waals surface area contributed by atoms with Crippen LogP contribution in [-0.4, -0.2) is 34.3 Å². The quantitative estimate of drug-likeness (QED) is 0.298. The molecule has 0 radical (unpaired) electrons. The average Bonchev–Trinajstić information content (AvgIpc) is 3.54. The molecule has 1 aromatic carbocycles. The molecule has 3 aromatic heterocycles. The third-order valence-corrected chi connectivity index (χ3v) is 12.0. The Morgan fingerprint density at radius 3 is 2.71 bits per heavy atom. The standard InChI is InChI=1S/C28H31FN6O2Si/c1-28(2,3)38(4,5)37-17-19-7-6-18(13-31-19)22-14-32-27(35-16-20(12-30)34-26(22)35)33-15-23-21-10-11-36-25(21)9-8-24(23)29/h6-9,13-14,16H,10-11,15,17H2,1-5H3,(H,32,33). The van der Waals surface area contributed by atoms with E-state index in [2.05, 4.69) is 60.2 Å². The van der Waals surface area contributed by atoms with Crippen molar-refractivity contribution in [2.75, 3.05) is 11.9 Å². The fourth-order valence-corrected chi connectivity index (χ4v) is 5.12. The number of fused-ring (bicyclic) bond motifs is 2. The first-order valence-corrected chi connectivity index (χ1v) is 15.5. The minimum Gasteiger partial charge on any atom is -0.493 e. The summed E-state index contributed by atoms with van der Waals surface area (Å²) in [5.41, 5.74) is 4.66. The molecule has 5 rings (SSSR count). The molecule has 0 aliphatic carbocycles. The van der Waals surface area contributed by atoms with E-state index in [0.29, 0.717) is 36.8 Å². The highest BCUT2D eigenvalue weighted by molar-refractivity contribution is 6.74. The molecular formula is C28H31FN6O2Si. The SMILES string of the molecule is CC(C)(C)[Si](C)(C)OCc1ccc(-c2cnc(NCc3c(F)ccc4c3CCO4)n3cc(C#N)nc23)cn1. The van der Waals surface area contributed by atoms with Crippen LogP contribution in [0.15, 0.2) is 42.9 Å². The van der Waals surface area contributed by atoms with Gasteiger partial charge in [0, 0.05) is 47.6 Å². The highest BCUT2D eigenvalue weighted by Crippen LogP contribution is 2.37. The van der Waals surface area contributed by atoms with E-state index < -0.39 is 8.32 Å². The van der Waals surface area contributed by atoms with Gasteiger partial charge in [-0.05, 0) is 36.3 Å². The second-order valence-corrected chi connectivity index (χ2v) is 15.8. The number of benzene rings is 1. The van der Waals surface area contributed by atoms with E-state index in [1.165, 1.54) is 6.07 Å². The predicted molar refractivity (Wildman–Crippen MR) is 146 cm³/mol. The number of pyridine rings is 1. The molecule has 10 heteroatoms. The molecule has 1 aliphatic rings. The van der Waals surface area contributed by atoms with Gasteiger partial charge in [-0.15, -0.1) is 0 Å². The summed E-state index contributed by atoms with van der Waals surface area (Å²) in [6.07, 6.45) is 5.76. The second-order valence-electron chi connectivity index (χ2n) is 11.0. The van der Waals surface area contributed by atoms with E-state index >= 15 is 0 Å². The largest absolute Gasteiger partial charge is 0.493 e. The summed E-state index contributed by atoms with van der Waals surface area (Å²) in [5, 5.41) is 12.9. The number of nitrogens with one attached hydrogen (secondary N) is 1. The summed E-state index contributed by atoms with van der Waals surface area (Å²) in [7, 11) is -1.88. The van der Waals surface area contributed by atoms with E-state index in [-0.39, 0.29) is 23.1 Å². The maximum atomic E-state index is 14.6. The van der Waals surface area contributed by atoms with Crippen molar-refractivity contribution >= 4 is 19.9 Å². The number of nitriles is 1. The fraction of sp³-hybridized carbons (Fsp3) is 0.357. The van der Waals surface area contributed by atoms with Crippen LogP contribution in [0.1, 0.15) is 43.3 Å². The number of hydrogen-bond acceptors (Lipinski definition) is 7. The first-order chi connectivity index (χ1) is 18.1. The van der Waals surface area contributed by atoms with Crippen molar-refractivity contribution in [1.82, 2.24) is 19.4 Å². The Labute approximate surface area is 222 Å². The van der Waals surface area contributed by atoms with Crippen LogP contribution in [0.5, 0.6) is 5.75 Å². The summed E-state index contributed by atoms with van der Waals surface area (Å²) in [4.78, 5) is 13.7. The molecule has 0 atom stereocenters. The van der Waals surface area contributed by atoms with Gasteiger partial charge in [-0.3, -0.25) is 9.38 Å². The van der Waals surface area contributed by atoms with Crippen LogP contribution in [0.4, 0.5) is 10.3 Å². The Bertz CT molecular complexity index is 1540. The van der Waals surface area contributed by atoms with E-state index in [1.807, 2.05) is 12.1 Å². The molecule has 8 nitrogen and oxygen atoms in total. The van der Waals surface area contributed by atoms with Gasteiger partial charge >= 0.3 is 0 Å². The normalized spacial score (nSPS) is 13.3. The van der Waals surface area contributed by atoms with Crippen molar-refractivity contribution in [2.24, 2.45) is 0 Å². The number of halogens is 1. The fourth-order valence-electron chi connectivity index (χ4n) is 4.18. The Morgan fingerprint density at radius 1 is 1.18 bits per heavy atom. The van der Waals surface area contributed by atoms with Crippen molar-refractivity contribution in [3.8, 4) is 22.9 Å². The zero-order valence-electron chi connectivity index (χ0n) is 22.3. The average molecular weight is 531 g/mol. The predicted octanol–water partition coefficient (Wildman–Crippen LogP) is 5.87. The van der Waals surface area contributed by atoms with Crippen LogP contribution in [0, 0.1) is 17.1 Å². The van der Waals surface area contributed by atoms with E-state index in [1.54, 1.807) is 29.1 Å². The number of nitrogens with zero attached hydrogens (tertiary/aromatic N) is 5. The molecular weight excluding hydrogens is 499 g/mol. The number of anilines is 1. The Balaban J connectivity index is 1.40. The molecule has 1 aliphatic heterocycles. The molecule has 0 saturated heterocycles. The van der Waals surface area contributed by atoms with Gasteiger partial charge in [0.05, 0.1) is 25.1 Å². The van der Waals surface area contributed by atoms with Crippen molar-refractivity contribution < 1.29 is 13.6 Å². The van der Waals surface area contributed by atoms with Crippen molar-refractivity contribution in [3.05, 3.63) is 71.2 Å². The van der Waals surface area contributed by atoms with Crippen molar-refractivity contribution in [2.45, 2.75) is 58.5 Å². The Kier molecular flexibility index (Phi) is 6.67. The smallest absolute Gasteiger partial charge is 0.208 e. The maximum absolute atomic E-state index is 14.6. The van der Waals surface area contributed by atoms with Gasteiger partial charge in [0.2, 0.25) is 5.95 Å². The van der Waals surface area contributed by atoms with Crippen molar-refractivity contribution in [1.29, 1.82) is 5.26 Å². The van der Waals surface area contributed by atoms with Gasteiger partial charge in [0.15, 0.2) is 19.7 Å². The van der Waals surface area contributed by atoms with Gasteiger partial charge in [-0.25, -0.2) is 14.4 Å². The van der Waals surface area contributed by atoms with Gasteiger partial charge in [0.1, 0.15) is 17.6 Å². The highest BCUT2D eigenvalue weighted by atomic mass is 28.4. The van der Waals surface area contributed by atoms with Crippen LogP contribution < -0.4 is 10.1 Å². The number of hydrogen-bond donors (Lipinski definition) is 1. The van der Waals surface area contributed by atoms with Gasteiger partial charge in [-0.1, -0.05) is 26.8 Å². The van der Waals surface area contributed by atoms with Crippen LogP contribution in [0.2, 0.25) is 18.1 Å². The Morgan fingerprint density at radius 2 is 2.00 bits per heavy atom. The lowest BCUT2D eigenvalue weighted by molar-refractivity contribution is 0.272. The molecule has 0 unspecified atom stereocenters. The number of imidazole rings is 1. The maximum Gasteiger partial charge on any atom is 0.208 e. The number of ether oxygens (including phenoxy) is 1. The minimum atomic E-state index is -1.88. The third-order valence-electron chi connectivity index (χ3n) is 7.49. The first-order valence-electron chi connectivity index (χ1n) is 12.6. The minimum absolute atomic E-state index is 0.124. The molecule has 1 N–H and O–H groups in total. The molecule has 38 heavy (non-hydrogen) atoms. The van der Waals surface area contributed by atoms with Crippen LogP contribution in [-0.2, 0) is 24.0 Å².